The lowest BCUT2D eigenvalue weighted by atomic mass is 9.55. The third kappa shape index (κ3) is 3.98. The van der Waals surface area contributed by atoms with Crippen LogP contribution >= 0.6 is 0 Å². The van der Waals surface area contributed by atoms with Crippen LogP contribution in [-0.4, -0.2) is 81.4 Å². The summed E-state index contributed by atoms with van der Waals surface area (Å²) in [6.45, 7) is 9.91. The Balaban J connectivity index is 2.03. The van der Waals surface area contributed by atoms with Crippen LogP contribution in [0.3, 0.4) is 0 Å². The van der Waals surface area contributed by atoms with Crippen molar-refractivity contribution in [2.45, 2.75) is 102 Å². The summed E-state index contributed by atoms with van der Waals surface area (Å²) in [5.74, 6) is -3.78. The van der Waals surface area contributed by atoms with E-state index >= 15 is 0 Å². The number of fused-ring (bicyclic) bond motifs is 1. The van der Waals surface area contributed by atoms with Crippen LogP contribution in [0.1, 0.15) is 54.9 Å². The Morgan fingerprint density at radius 2 is 1.62 bits per heavy atom. The van der Waals surface area contributed by atoms with Gasteiger partial charge in [-0.2, -0.15) is 0 Å². The SMILES string of the molecule is CC(=O)OC1CC(OC(C)=O)C2(C)C=CC(O)C(C)(O)C2C(OC(C)=O)C23OC2(C)C(=O)OC3C=C1C. The van der Waals surface area contributed by atoms with E-state index < -0.39 is 82.5 Å². The van der Waals surface area contributed by atoms with Crippen LogP contribution in [0.15, 0.2) is 23.8 Å². The van der Waals surface area contributed by atoms with Crippen molar-refractivity contribution < 1.29 is 53.1 Å². The Kier molecular flexibility index (Phi) is 6.37. The summed E-state index contributed by atoms with van der Waals surface area (Å²) in [5.41, 5.74) is -5.85. The van der Waals surface area contributed by atoms with Gasteiger partial charge in [0.1, 0.15) is 24.4 Å². The fourth-order valence-corrected chi connectivity index (χ4v) is 6.44. The van der Waals surface area contributed by atoms with E-state index in [-0.39, 0.29) is 6.42 Å². The molecule has 4 aliphatic rings. The summed E-state index contributed by atoms with van der Waals surface area (Å²) in [5, 5.41) is 22.6. The predicted molar refractivity (Wildman–Crippen MR) is 125 cm³/mol. The maximum atomic E-state index is 13.0. The molecule has 11 heteroatoms. The molecule has 1 spiro atoms. The minimum Gasteiger partial charge on any atom is -0.461 e. The monoisotopic (exact) mass is 522 g/mol. The number of ether oxygens (including phenoxy) is 5. The van der Waals surface area contributed by atoms with Gasteiger partial charge in [-0.15, -0.1) is 0 Å². The van der Waals surface area contributed by atoms with Crippen molar-refractivity contribution >= 4 is 23.9 Å². The molecule has 2 aliphatic heterocycles. The van der Waals surface area contributed by atoms with Gasteiger partial charge in [-0.3, -0.25) is 14.4 Å². The fourth-order valence-electron chi connectivity index (χ4n) is 6.44. The Morgan fingerprint density at radius 3 is 2.16 bits per heavy atom. The molecule has 0 bridgehead atoms. The first kappa shape index (κ1) is 27.3. The zero-order chi connectivity index (χ0) is 27.7. The second kappa shape index (κ2) is 8.64. The first-order valence-electron chi connectivity index (χ1n) is 12.2. The highest BCUT2D eigenvalue weighted by Crippen LogP contribution is 2.65. The van der Waals surface area contributed by atoms with Crippen LogP contribution in [0.2, 0.25) is 0 Å². The summed E-state index contributed by atoms with van der Waals surface area (Å²) < 4.78 is 28.9. The molecule has 2 aliphatic carbocycles. The van der Waals surface area contributed by atoms with E-state index in [4.69, 9.17) is 23.7 Å². The van der Waals surface area contributed by atoms with Crippen LogP contribution in [-0.2, 0) is 42.9 Å². The molecule has 4 rings (SSSR count). The van der Waals surface area contributed by atoms with Crippen LogP contribution in [0.5, 0.6) is 0 Å². The van der Waals surface area contributed by atoms with Gasteiger partial charge in [-0.05, 0) is 32.4 Å². The molecule has 0 saturated carbocycles. The lowest BCUT2D eigenvalue weighted by Crippen LogP contribution is -2.67. The van der Waals surface area contributed by atoms with Crippen LogP contribution in [0.4, 0.5) is 0 Å². The van der Waals surface area contributed by atoms with Gasteiger partial charge in [-0.25, -0.2) is 4.79 Å². The van der Waals surface area contributed by atoms with Crippen molar-refractivity contribution in [1.82, 2.24) is 0 Å². The van der Waals surface area contributed by atoms with E-state index in [2.05, 4.69) is 0 Å². The Labute approximate surface area is 214 Å². The third-order valence-electron chi connectivity index (χ3n) is 8.34. The van der Waals surface area contributed by atoms with E-state index in [0.717, 1.165) is 0 Å². The molecule has 2 fully saturated rings. The second-order valence-electron chi connectivity index (χ2n) is 11.0. The molecule has 10 unspecified atom stereocenters. The van der Waals surface area contributed by atoms with Gasteiger partial charge in [0.05, 0.1) is 5.60 Å². The van der Waals surface area contributed by atoms with Gasteiger partial charge in [0.25, 0.3) is 0 Å². The number of aliphatic hydroxyl groups excluding tert-OH is 1. The number of carbonyl (C=O) groups excluding carboxylic acids is 4. The third-order valence-corrected chi connectivity index (χ3v) is 8.34. The molecule has 2 N–H and O–H groups in total. The van der Waals surface area contributed by atoms with E-state index in [1.807, 2.05) is 0 Å². The minimum atomic E-state index is -1.95. The molecule has 204 valence electrons. The number of carbonyl (C=O) groups is 4. The van der Waals surface area contributed by atoms with Crippen LogP contribution < -0.4 is 0 Å². The average Bonchev–Trinajstić information content (AvgIpc) is 3.35. The number of epoxide rings is 1. The topological polar surface area (TPSA) is 158 Å². The summed E-state index contributed by atoms with van der Waals surface area (Å²) in [4.78, 5) is 49.7. The number of esters is 4. The lowest BCUT2D eigenvalue weighted by Gasteiger charge is -2.54. The first-order valence-corrected chi connectivity index (χ1v) is 12.2. The zero-order valence-electron chi connectivity index (χ0n) is 22.0. The maximum absolute atomic E-state index is 13.0. The Morgan fingerprint density at radius 1 is 1.03 bits per heavy atom. The number of hydrogen-bond acceptors (Lipinski definition) is 11. The van der Waals surface area contributed by atoms with Crippen LogP contribution in [0.25, 0.3) is 0 Å². The molecular weight excluding hydrogens is 488 g/mol. The van der Waals surface area contributed by atoms with Gasteiger partial charge < -0.3 is 33.9 Å². The Bertz CT molecular complexity index is 1090. The summed E-state index contributed by atoms with van der Waals surface area (Å²) in [6, 6.07) is 0. The molecule has 0 radical (unpaired) electrons. The second-order valence-corrected chi connectivity index (χ2v) is 11.0. The van der Waals surface area contributed by atoms with E-state index in [1.165, 1.54) is 40.7 Å². The van der Waals surface area contributed by atoms with E-state index in [9.17, 15) is 29.4 Å². The predicted octanol–water partition coefficient (Wildman–Crippen LogP) is 0.889. The Hall–Kier alpha value is -2.76. The molecule has 10 atom stereocenters. The minimum absolute atomic E-state index is 0.0242. The van der Waals surface area contributed by atoms with Gasteiger partial charge in [-0.1, -0.05) is 19.1 Å². The maximum Gasteiger partial charge on any atom is 0.342 e. The van der Waals surface area contributed by atoms with Crippen molar-refractivity contribution in [2.24, 2.45) is 11.3 Å². The van der Waals surface area contributed by atoms with E-state index in [0.29, 0.717) is 5.57 Å². The summed E-state index contributed by atoms with van der Waals surface area (Å²) >= 11 is 0. The quantitative estimate of drug-likeness (QED) is 0.235. The van der Waals surface area contributed by atoms with E-state index in [1.54, 1.807) is 26.0 Å². The number of hydrogen-bond donors (Lipinski definition) is 2. The highest BCUT2D eigenvalue weighted by Gasteiger charge is 2.87. The largest absolute Gasteiger partial charge is 0.461 e. The normalized spacial score (nSPS) is 46.3. The number of rotatable bonds is 3. The first-order chi connectivity index (χ1) is 17.0. The fraction of sp³-hybridized carbons (Fsp3) is 0.692. The van der Waals surface area contributed by atoms with Crippen molar-refractivity contribution in [1.29, 1.82) is 0 Å². The smallest absolute Gasteiger partial charge is 0.342 e. The molecular formula is C26H34O11. The molecule has 0 amide bonds. The average molecular weight is 523 g/mol. The molecule has 2 heterocycles. The van der Waals surface area contributed by atoms with Crippen molar-refractivity contribution in [3.05, 3.63) is 23.8 Å². The van der Waals surface area contributed by atoms with Gasteiger partial charge in [0.2, 0.25) is 0 Å². The van der Waals surface area contributed by atoms with Crippen molar-refractivity contribution in [2.75, 3.05) is 0 Å². The molecule has 0 aromatic rings. The van der Waals surface area contributed by atoms with Gasteiger partial charge in [0, 0.05) is 38.5 Å². The van der Waals surface area contributed by atoms with Gasteiger partial charge in [0.15, 0.2) is 17.3 Å². The highest BCUT2D eigenvalue weighted by molar-refractivity contribution is 5.89. The highest BCUT2D eigenvalue weighted by atomic mass is 16.7. The molecule has 0 aromatic heterocycles. The summed E-state index contributed by atoms with van der Waals surface area (Å²) in [7, 11) is 0. The molecule has 2 saturated heterocycles. The standard InChI is InChI=1S/C26H34O11/c1-12-10-19-26(25(7,37-26)22(31)36-19)21(35-15(4)29)20-23(5,9-8-17(30)24(20,6)32)18(34-14(3)28)11-16(12)33-13(2)27/h8-10,16-21,30,32H,11H2,1-7H3. The number of aliphatic hydroxyl groups is 2. The lowest BCUT2D eigenvalue weighted by molar-refractivity contribution is -0.215. The van der Waals surface area contributed by atoms with Gasteiger partial charge >= 0.3 is 23.9 Å². The molecule has 11 nitrogen and oxygen atoms in total. The molecule has 37 heavy (non-hydrogen) atoms. The van der Waals surface area contributed by atoms with Crippen molar-refractivity contribution in [3.8, 4) is 0 Å². The summed E-state index contributed by atoms with van der Waals surface area (Å²) in [6.07, 6.45) is -1.18. The zero-order valence-corrected chi connectivity index (χ0v) is 22.0. The van der Waals surface area contributed by atoms with Crippen LogP contribution in [0, 0.1) is 11.3 Å². The molecule has 0 aromatic carbocycles. The van der Waals surface area contributed by atoms with Crippen molar-refractivity contribution in [3.63, 3.8) is 0 Å².